The number of methoxy groups -OCH3 is 1. The maximum atomic E-state index is 11.7. The van der Waals surface area contributed by atoms with E-state index >= 15 is 0 Å². The molecule has 102 valence electrons. The van der Waals surface area contributed by atoms with Gasteiger partial charge >= 0.3 is 12.0 Å². The van der Waals surface area contributed by atoms with Crippen LogP contribution in [-0.4, -0.2) is 31.1 Å². The van der Waals surface area contributed by atoms with Gasteiger partial charge in [0.2, 0.25) is 0 Å². The molecule has 3 amide bonds. The molecule has 0 spiro atoms. The topological polar surface area (TPSA) is 108 Å². The Bertz CT molecular complexity index is 501. The third kappa shape index (κ3) is 4.30. The van der Waals surface area contributed by atoms with Crippen molar-refractivity contribution in [2.24, 2.45) is 5.73 Å². The molecule has 0 unspecified atom stereocenters. The third-order valence-corrected chi connectivity index (χ3v) is 2.20. The highest BCUT2D eigenvalue weighted by atomic mass is 16.5. The first-order valence-corrected chi connectivity index (χ1v) is 5.39. The van der Waals surface area contributed by atoms with E-state index in [0.717, 1.165) is 0 Å². The average Bonchev–Trinajstić information content (AvgIpc) is 2.37. The molecule has 0 saturated heterocycles. The molecule has 3 N–H and O–H groups in total. The van der Waals surface area contributed by atoms with E-state index in [4.69, 9.17) is 15.2 Å². The van der Waals surface area contributed by atoms with Crippen LogP contribution in [0.3, 0.4) is 0 Å². The summed E-state index contributed by atoms with van der Waals surface area (Å²) in [6.07, 6.45) is -1.13. The van der Waals surface area contributed by atoms with Gasteiger partial charge in [0, 0.05) is 0 Å². The van der Waals surface area contributed by atoms with Crippen molar-refractivity contribution in [2.45, 2.75) is 13.0 Å². The van der Waals surface area contributed by atoms with E-state index < -0.39 is 24.0 Å². The molecule has 1 atom stereocenters. The molecular formula is C12H14N2O5. The Kier molecular flexibility index (Phi) is 4.87. The number of nitrogens with one attached hydrogen (secondary N) is 1. The number of primary amides is 1. The predicted molar refractivity (Wildman–Crippen MR) is 65.6 cm³/mol. The van der Waals surface area contributed by atoms with Crippen LogP contribution in [0.1, 0.15) is 17.3 Å². The summed E-state index contributed by atoms with van der Waals surface area (Å²) in [7, 11) is 1.47. The van der Waals surface area contributed by atoms with Crippen molar-refractivity contribution in [2.75, 3.05) is 7.11 Å². The molecular weight excluding hydrogens is 252 g/mol. The minimum Gasteiger partial charge on any atom is -0.497 e. The number of imide groups is 1. The number of nitrogens with two attached hydrogens (primary N) is 1. The fourth-order valence-corrected chi connectivity index (χ4v) is 1.26. The second-order valence-corrected chi connectivity index (χ2v) is 3.63. The predicted octanol–water partition coefficient (Wildman–Crippen LogP) is 0.435. The second-order valence-electron chi connectivity index (χ2n) is 3.63. The van der Waals surface area contributed by atoms with Gasteiger partial charge in [-0.25, -0.2) is 9.59 Å². The molecule has 0 heterocycles. The summed E-state index contributed by atoms with van der Waals surface area (Å²) >= 11 is 0. The lowest BCUT2D eigenvalue weighted by Crippen LogP contribution is -2.42. The Morgan fingerprint density at radius 1 is 1.32 bits per heavy atom. The standard InChI is InChI=1S/C12H14N2O5/c1-7(10(15)14-12(13)17)19-11(16)8-4-3-5-9(6-8)18-2/h3-7H,1-2H3,(H3,13,14,15,17)/t7-/m1/s1. The molecule has 0 saturated carbocycles. The molecule has 0 aliphatic carbocycles. The van der Waals surface area contributed by atoms with Crippen molar-refractivity contribution >= 4 is 17.9 Å². The van der Waals surface area contributed by atoms with Gasteiger partial charge in [-0.2, -0.15) is 0 Å². The molecule has 0 bridgehead atoms. The fourth-order valence-electron chi connectivity index (χ4n) is 1.26. The Balaban J connectivity index is 2.68. The molecule has 0 aromatic heterocycles. The van der Waals surface area contributed by atoms with E-state index in [1.165, 1.54) is 26.2 Å². The third-order valence-electron chi connectivity index (χ3n) is 2.20. The highest BCUT2D eigenvalue weighted by Gasteiger charge is 2.20. The van der Waals surface area contributed by atoms with Crippen LogP contribution in [0.15, 0.2) is 24.3 Å². The molecule has 1 aromatic rings. The van der Waals surface area contributed by atoms with Gasteiger partial charge in [0.25, 0.3) is 5.91 Å². The first-order chi connectivity index (χ1) is 8.93. The van der Waals surface area contributed by atoms with Crippen LogP contribution in [0.5, 0.6) is 5.75 Å². The summed E-state index contributed by atoms with van der Waals surface area (Å²) < 4.78 is 9.85. The number of ether oxygens (including phenoxy) is 2. The Labute approximate surface area is 109 Å². The maximum absolute atomic E-state index is 11.7. The molecule has 7 nitrogen and oxygen atoms in total. The number of rotatable bonds is 4. The molecule has 0 aliphatic heterocycles. The van der Waals surface area contributed by atoms with Crippen molar-refractivity contribution in [3.05, 3.63) is 29.8 Å². The van der Waals surface area contributed by atoms with Crippen molar-refractivity contribution in [1.82, 2.24) is 5.32 Å². The maximum Gasteiger partial charge on any atom is 0.339 e. The zero-order chi connectivity index (χ0) is 14.4. The van der Waals surface area contributed by atoms with Gasteiger partial charge in [0.1, 0.15) is 5.75 Å². The van der Waals surface area contributed by atoms with Gasteiger partial charge < -0.3 is 15.2 Å². The highest BCUT2D eigenvalue weighted by Crippen LogP contribution is 2.14. The highest BCUT2D eigenvalue weighted by molar-refractivity contribution is 5.98. The molecule has 7 heteroatoms. The summed E-state index contributed by atoms with van der Waals surface area (Å²) in [5.41, 5.74) is 5.02. The fraction of sp³-hybridized carbons (Fsp3) is 0.250. The van der Waals surface area contributed by atoms with Crippen LogP contribution in [0, 0.1) is 0 Å². The van der Waals surface area contributed by atoms with E-state index in [2.05, 4.69) is 0 Å². The number of benzene rings is 1. The summed E-state index contributed by atoms with van der Waals surface area (Å²) in [4.78, 5) is 33.6. The van der Waals surface area contributed by atoms with Crippen LogP contribution in [0.25, 0.3) is 0 Å². The minimum absolute atomic E-state index is 0.234. The SMILES string of the molecule is COc1cccc(C(=O)O[C@H](C)C(=O)NC(N)=O)c1. The second kappa shape index (κ2) is 6.39. The van der Waals surface area contributed by atoms with Crippen LogP contribution in [0.2, 0.25) is 0 Å². The zero-order valence-corrected chi connectivity index (χ0v) is 10.5. The quantitative estimate of drug-likeness (QED) is 0.768. The van der Waals surface area contributed by atoms with E-state index in [0.29, 0.717) is 5.75 Å². The molecule has 1 aromatic carbocycles. The van der Waals surface area contributed by atoms with E-state index in [-0.39, 0.29) is 5.56 Å². The lowest BCUT2D eigenvalue weighted by atomic mass is 10.2. The van der Waals surface area contributed by atoms with Crippen LogP contribution in [0.4, 0.5) is 4.79 Å². The van der Waals surface area contributed by atoms with Crippen molar-refractivity contribution in [3.63, 3.8) is 0 Å². The Morgan fingerprint density at radius 3 is 2.58 bits per heavy atom. The van der Waals surface area contributed by atoms with Gasteiger partial charge in [-0.3, -0.25) is 10.1 Å². The summed E-state index contributed by atoms with van der Waals surface area (Å²) in [6, 6.07) is 5.27. The van der Waals surface area contributed by atoms with Crippen LogP contribution in [-0.2, 0) is 9.53 Å². The van der Waals surface area contributed by atoms with Gasteiger partial charge in [-0.05, 0) is 25.1 Å². The number of esters is 1. The van der Waals surface area contributed by atoms with E-state index in [1.54, 1.807) is 12.1 Å². The first kappa shape index (κ1) is 14.5. The molecule has 19 heavy (non-hydrogen) atoms. The van der Waals surface area contributed by atoms with Gasteiger partial charge in [-0.1, -0.05) is 6.07 Å². The lowest BCUT2D eigenvalue weighted by Gasteiger charge is -2.12. The summed E-state index contributed by atoms with van der Waals surface area (Å²) in [5.74, 6) is -1.00. The monoisotopic (exact) mass is 266 g/mol. The van der Waals surface area contributed by atoms with Gasteiger partial charge in [-0.15, -0.1) is 0 Å². The number of amides is 3. The largest absolute Gasteiger partial charge is 0.497 e. The Hall–Kier alpha value is -2.57. The van der Waals surface area contributed by atoms with Crippen LogP contribution >= 0.6 is 0 Å². The van der Waals surface area contributed by atoms with Gasteiger partial charge in [0.15, 0.2) is 6.10 Å². The number of urea groups is 1. The summed E-state index contributed by atoms with van der Waals surface area (Å²) in [5, 5.41) is 1.82. The van der Waals surface area contributed by atoms with E-state index in [1.807, 2.05) is 5.32 Å². The zero-order valence-electron chi connectivity index (χ0n) is 10.5. The number of carbonyl (C=O) groups excluding carboxylic acids is 3. The van der Waals surface area contributed by atoms with Crippen molar-refractivity contribution < 1.29 is 23.9 Å². The smallest absolute Gasteiger partial charge is 0.339 e. The van der Waals surface area contributed by atoms with Crippen LogP contribution < -0.4 is 15.8 Å². The molecule has 0 radical (unpaired) electrons. The van der Waals surface area contributed by atoms with Crippen molar-refractivity contribution in [1.29, 1.82) is 0 Å². The molecule has 1 rings (SSSR count). The number of hydrogen-bond acceptors (Lipinski definition) is 5. The molecule has 0 fully saturated rings. The average molecular weight is 266 g/mol. The normalized spacial score (nSPS) is 11.3. The Morgan fingerprint density at radius 2 is 2.00 bits per heavy atom. The number of hydrogen-bond donors (Lipinski definition) is 2. The van der Waals surface area contributed by atoms with Gasteiger partial charge in [0.05, 0.1) is 12.7 Å². The van der Waals surface area contributed by atoms with Crippen molar-refractivity contribution in [3.8, 4) is 5.75 Å². The number of carbonyl (C=O) groups is 3. The minimum atomic E-state index is -1.13. The molecule has 0 aliphatic rings. The summed E-state index contributed by atoms with van der Waals surface area (Å²) in [6.45, 7) is 1.33. The van der Waals surface area contributed by atoms with E-state index in [9.17, 15) is 14.4 Å². The first-order valence-electron chi connectivity index (χ1n) is 5.39. The lowest BCUT2D eigenvalue weighted by molar-refractivity contribution is -0.127.